The Kier molecular flexibility index (Phi) is 5.81. The molecule has 0 aliphatic carbocycles. The molecule has 0 unspecified atom stereocenters. The lowest BCUT2D eigenvalue weighted by molar-refractivity contribution is 0.414. The van der Waals surface area contributed by atoms with E-state index in [4.69, 9.17) is 27.9 Å². The molecule has 0 aliphatic heterocycles. The molecular formula is C19H18Cl2N4O. The first kappa shape index (κ1) is 18.3. The predicted molar refractivity (Wildman–Crippen MR) is 107 cm³/mol. The van der Waals surface area contributed by atoms with Crippen molar-refractivity contribution in [3.8, 4) is 5.75 Å². The van der Waals surface area contributed by atoms with Crippen molar-refractivity contribution < 1.29 is 4.74 Å². The Balaban J connectivity index is 1.72. The van der Waals surface area contributed by atoms with Crippen molar-refractivity contribution >= 4 is 40.5 Å². The number of ether oxygens (including phenoxy) is 1. The number of rotatable bonds is 6. The second-order valence-electron chi connectivity index (χ2n) is 5.67. The second kappa shape index (κ2) is 8.25. The van der Waals surface area contributed by atoms with Crippen LogP contribution in [0.25, 0.3) is 0 Å². The van der Waals surface area contributed by atoms with Crippen LogP contribution in [-0.4, -0.2) is 17.1 Å². The Labute approximate surface area is 162 Å². The van der Waals surface area contributed by atoms with Gasteiger partial charge in [-0.15, -0.1) is 0 Å². The Morgan fingerprint density at radius 1 is 0.923 bits per heavy atom. The van der Waals surface area contributed by atoms with Crippen LogP contribution in [0, 0.1) is 6.92 Å². The zero-order valence-corrected chi connectivity index (χ0v) is 15.9. The smallest absolute Gasteiger partial charge is 0.136 e. The minimum Gasteiger partial charge on any atom is -0.497 e. The molecule has 0 amide bonds. The van der Waals surface area contributed by atoms with Crippen LogP contribution in [0.1, 0.15) is 11.4 Å². The molecule has 0 bridgehead atoms. The molecular weight excluding hydrogens is 371 g/mol. The van der Waals surface area contributed by atoms with Gasteiger partial charge in [0.2, 0.25) is 0 Å². The molecule has 3 rings (SSSR count). The van der Waals surface area contributed by atoms with E-state index in [-0.39, 0.29) is 0 Å². The van der Waals surface area contributed by atoms with E-state index >= 15 is 0 Å². The largest absolute Gasteiger partial charge is 0.497 e. The molecule has 2 N–H and O–H groups in total. The van der Waals surface area contributed by atoms with Gasteiger partial charge < -0.3 is 15.4 Å². The molecule has 0 radical (unpaired) electrons. The number of benzene rings is 2. The Morgan fingerprint density at radius 2 is 1.58 bits per heavy atom. The number of aromatic nitrogens is 2. The van der Waals surface area contributed by atoms with Crippen LogP contribution in [0.15, 0.2) is 48.5 Å². The van der Waals surface area contributed by atoms with Gasteiger partial charge in [0.05, 0.1) is 7.11 Å². The van der Waals surface area contributed by atoms with Crippen molar-refractivity contribution in [3.05, 3.63) is 70.0 Å². The number of anilines is 3. The van der Waals surface area contributed by atoms with Gasteiger partial charge in [0.15, 0.2) is 0 Å². The number of nitrogens with one attached hydrogen (secondary N) is 2. The maximum Gasteiger partial charge on any atom is 0.136 e. The molecule has 0 fully saturated rings. The molecule has 5 nitrogen and oxygen atoms in total. The number of hydrogen-bond donors (Lipinski definition) is 2. The minimum atomic E-state index is 0.559. The summed E-state index contributed by atoms with van der Waals surface area (Å²) in [7, 11) is 1.65. The fourth-order valence-electron chi connectivity index (χ4n) is 2.43. The van der Waals surface area contributed by atoms with E-state index in [1.807, 2.05) is 37.3 Å². The van der Waals surface area contributed by atoms with Crippen LogP contribution in [-0.2, 0) is 6.54 Å². The lowest BCUT2D eigenvalue weighted by Gasteiger charge is -2.11. The van der Waals surface area contributed by atoms with Crippen LogP contribution in [0.2, 0.25) is 10.0 Å². The van der Waals surface area contributed by atoms with Crippen LogP contribution >= 0.6 is 23.2 Å². The second-order valence-corrected chi connectivity index (χ2v) is 6.54. The topological polar surface area (TPSA) is 59.1 Å². The molecule has 1 heterocycles. The lowest BCUT2D eigenvalue weighted by Crippen LogP contribution is -2.05. The van der Waals surface area contributed by atoms with E-state index in [9.17, 15) is 0 Å². The third kappa shape index (κ3) is 5.00. The first-order chi connectivity index (χ1) is 12.5. The molecule has 3 aromatic rings. The maximum atomic E-state index is 6.04. The van der Waals surface area contributed by atoms with Crippen molar-refractivity contribution in [2.45, 2.75) is 13.5 Å². The summed E-state index contributed by atoms with van der Waals surface area (Å²) in [5.41, 5.74) is 1.89. The Morgan fingerprint density at radius 3 is 2.23 bits per heavy atom. The SMILES string of the molecule is COc1ccc(CNc2cc(Nc3cc(Cl)cc(Cl)c3)nc(C)n2)cc1. The lowest BCUT2D eigenvalue weighted by atomic mass is 10.2. The summed E-state index contributed by atoms with van der Waals surface area (Å²) in [4.78, 5) is 8.82. The van der Waals surface area contributed by atoms with Crippen LogP contribution in [0.5, 0.6) is 5.75 Å². The van der Waals surface area contributed by atoms with Gasteiger partial charge in [-0.25, -0.2) is 9.97 Å². The van der Waals surface area contributed by atoms with E-state index in [2.05, 4.69) is 20.6 Å². The van der Waals surface area contributed by atoms with Gasteiger partial charge in [-0.1, -0.05) is 35.3 Å². The number of halogens is 2. The summed E-state index contributed by atoms with van der Waals surface area (Å²) in [6.07, 6.45) is 0. The fraction of sp³-hybridized carbons (Fsp3) is 0.158. The van der Waals surface area contributed by atoms with E-state index in [1.165, 1.54) is 0 Å². The minimum absolute atomic E-state index is 0.559. The highest BCUT2D eigenvalue weighted by atomic mass is 35.5. The van der Waals surface area contributed by atoms with Crippen molar-refractivity contribution in [1.82, 2.24) is 9.97 Å². The summed E-state index contributed by atoms with van der Waals surface area (Å²) in [5, 5.41) is 7.63. The summed E-state index contributed by atoms with van der Waals surface area (Å²) in [6.45, 7) is 2.48. The maximum absolute atomic E-state index is 6.04. The van der Waals surface area contributed by atoms with Crippen molar-refractivity contribution in [3.63, 3.8) is 0 Å². The molecule has 7 heteroatoms. The van der Waals surface area contributed by atoms with Crippen molar-refractivity contribution in [2.75, 3.05) is 17.7 Å². The molecule has 0 saturated heterocycles. The van der Waals surface area contributed by atoms with Gasteiger partial charge in [0, 0.05) is 28.3 Å². The summed E-state index contributed by atoms with van der Waals surface area (Å²) in [6, 6.07) is 15.0. The van der Waals surface area contributed by atoms with E-state index in [0.717, 1.165) is 22.8 Å². The first-order valence-electron chi connectivity index (χ1n) is 7.97. The number of methoxy groups -OCH3 is 1. The summed E-state index contributed by atoms with van der Waals surface area (Å²) < 4.78 is 5.17. The average molecular weight is 389 g/mol. The molecule has 0 spiro atoms. The predicted octanol–water partition coefficient (Wildman–Crippen LogP) is 5.46. The number of hydrogen-bond acceptors (Lipinski definition) is 5. The molecule has 134 valence electrons. The van der Waals surface area contributed by atoms with Crippen LogP contribution in [0.3, 0.4) is 0 Å². The highest BCUT2D eigenvalue weighted by Crippen LogP contribution is 2.25. The molecule has 0 saturated carbocycles. The molecule has 0 atom stereocenters. The normalized spacial score (nSPS) is 10.5. The third-order valence-electron chi connectivity index (χ3n) is 3.61. The average Bonchev–Trinajstić information content (AvgIpc) is 2.59. The van der Waals surface area contributed by atoms with Gasteiger partial charge in [-0.3, -0.25) is 0 Å². The number of aryl methyl sites for hydroxylation is 1. The highest BCUT2D eigenvalue weighted by molar-refractivity contribution is 6.35. The van der Waals surface area contributed by atoms with E-state index < -0.39 is 0 Å². The zero-order valence-electron chi connectivity index (χ0n) is 14.4. The fourth-order valence-corrected chi connectivity index (χ4v) is 2.96. The van der Waals surface area contributed by atoms with E-state index in [1.54, 1.807) is 25.3 Å². The number of nitrogens with zero attached hydrogens (tertiary/aromatic N) is 2. The van der Waals surface area contributed by atoms with Gasteiger partial charge in [-0.2, -0.15) is 0 Å². The molecule has 1 aromatic heterocycles. The van der Waals surface area contributed by atoms with Crippen molar-refractivity contribution in [2.24, 2.45) is 0 Å². The van der Waals surface area contributed by atoms with Gasteiger partial charge >= 0.3 is 0 Å². The van der Waals surface area contributed by atoms with Crippen molar-refractivity contribution in [1.29, 1.82) is 0 Å². The Bertz CT molecular complexity index is 880. The third-order valence-corrected chi connectivity index (χ3v) is 4.04. The van der Waals surface area contributed by atoms with Crippen LogP contribution < -0.4 is 15.4 Å². The Hall–Kier alpha value is -2.50. The van der Waals surface area contributed by atoms with Gasteiger partial charge in [0.25, 0.3) is 0 Å². The molecule has 2 aromatic carbocycles. The summed E-state index contributed by atoms with van der Waals surface area (Å²) in [5.74, 6) is 2.87. The van der Waals surface area contributed by atoms with Crippen LogP contribution in [0.4, 0.5) is 17.3 Å². The quantitative estimate of drug-likeness (QED) is 0.587. The highest BCUT2D eigenvalue weighted by Gasteiger charge is 2.05. The first-order valence-corrected chi connectivity index (χ1v) is 8.73. The summed E-state index contributed by atoms with van der Waals surface area (Å²) >= 11 is 12.1. The zero-order chi connectivity index (χ0) is 18.5. The van der Waals surface area contributed by atoms with Gasteiger partial charge in [0.1, 0.15) is 23.2 Å². The molecule has 26 heavy (non-hydrogen) atoms. The monoisotopic (exact) mass is 388 g/mol. The van der Waals surface area contributed by atoms with Gasteiger partial charge in [-0.05, 0) is 42.8 Å². The standard InChI is InChI=1S/C19H18Cl2N4O/c1-12-23-18(22-11-13-3-5-17(26-2)6-4-13)10-19(24-12)25-16-8-14(20)7-15(21)9-16/h3-10H,11H2,1-2H3,(H2,22,23,24,25). The van der Waals surface area contributed by atoms with E-state index in [0.29, 0.717) is 28.2 Å². The molecule has 0 aliphatic rings.